The topological polar surface area (TPSA) is 159 Å². The highest BCUT2D eigenvalue weighted by Gasteiger charge is 2.50. The summed E-state index contributed by atoms with van der Waals surface area (Å²) < 4.78 is 107. The summed E-state index contributed by atoms with van der Waals surface area (Å²) in [5.74, 6) is -7.72. The van der Waals surface area contributed by atoms with Crippen molar-refractivity contribution in [3.8, 4) is 0 Å². The molecule has 2 fully saturated rings. The molecule has 4 rings (SSSR count). The molecular weight excluding hydrogens is 641 g/mol. The van der Waals surface area contributed by atoms with Crippen LogP contribution in [0.1, 0.15) is 11.3 Å². The smallest absolute Gasteiger partial charge is 0.475 e. The number of halogens is 9. The molecule has 2 aliphatic rings. The average molecular weight is 667 g/mol. The molecule has 0 aliphatic carbocycles. The van der Waals surface area contributed by atoms with Gasteiger partial charge < -0.3 is 24.8 Å². The molecule has 2 atom stereocenters. The van der Waals surface area contributed by atoms with Crippen LogP contribution >= 0.6 is 0 Å². The van der Waals surface area contributed by atoms with Gasteiger partial charge in [-0.25, -0.2) is 14.4 Å². The molecule has 0 spiro atoms. The first-order valence-electron chi connectivity index (χ1n) is 12.2. The zero-order chi connectivity index (χ0) is 34.5. The van der Waals surface area contributed by atoms with Crippen molar-refractivity contribution in [3.05, 3.63) is 60.2 Å². The summed E-state index contributed by atoms with van der Waals surface area (Å²) in [6, 6.07) is 10.1. The molecule has 0 unspecified atom stereocenters. The summed E-state index contributed by atoms with van der Waals surface area (Å²) in [6.07, 6.45) is -9.67. The summed E-state index contributed by atoms with van der Waals surface area (Å²) >= 11 is 0. The second-order valence-electron chi connectivity index (χ2n) is 9.33. The number of pyridine rings is 2. The lowest BCUT2D eigenvalue weighted by Crippen LogP contribution is -2.35. The van der Waals surface area contributed by atoms with Crippen molar-refractivity contribution in [2.45, 2.75) is 31.7 Å². The maximum Gasteiger partial charge on any atom is 0.490 e. The van der Waals surface area contributed by atoms with Gasteiger partial charge in [0, 0.05) is 49.6 Å². The molecule has 11 nitrogen and oxygen atoms in total. The number of aliphatic carboxylic acids is 3. The summed E-state index contributed by atoms with van der Waals surface area (Å²) in [7, 11) is 0. The lowest BCUT2D eigenvalue weighted by Gasteiger charge is -2.27. The lowest BCUT2D eigenvalue weighted by molar-refractivity contribution is -0.193. The van der Waals surface area contributed by atoms with Gasteiger partial charge in [-0.15, -0.1) is 0 Å². The van der Waals surface area contributed by atoms with Gasteiger partial charge in [0.05, 0.1) is 32.1 Å². The van der Waals surface area contributed by atoms with Gasteiger partial charge in [0.1, 0.15) is 0 Å². The van der Waals surface area contributed by atoms with Crippen LogP contribution in [0.4, 0.5) is 39.5 Å². The Bertz CT molecular complexity index is 1160. The Morgan fingerprint density at radius 3 is 1.89 bits per heavy atom. The van der Waals surface area contributed by atoms with E-state index in [1.54, 1.807) is 0 Å². The van der Waals surface area contributed by atoms with Gasteiger partial charge >= 0.3 is 36.4 Å². The van der Waals surface area contributed by atoms with E-state index in [1.165, 1.54) is 5.56 Å². The van der Waals surface area contributed by atoms with Crippen LogP contribution in [0.25, 0.3) is 0 Å². The summed E-state index contributed by atoms with van der Waals surface area (Å²) in [4.78, 5) is 37.7. The van der Waals surface area contributed by atoms with E-state index in [1.807, 2.05) is 42.9 Å². The summed E-state index contributed by atoms with van der Waals surface area (Å²) in [6.45, 7) is 5.98. The summed E-state index contributed by atoms with van der Waals surface area (Å²) in [5.41, 5.74) is 2.37. The predicted octanol–water partition coefficient (Wildman–Crippen LogP) is 4.04. The number of nitrogens with zero attached hydrogens (tertiary/aromatic N) is 3. The number of rotatable bonds is 6. The maximum absolute atomic E-state index is 10.6. The highest BCUT2D eigenvalue weighted by atomic mass is 19.4. The number of fused-ring (bicyclic) bond motifs is 1. The fourth-order valence-corrected chi connectivity index (χ4v) is 3.86. The van der Waals surface area contributed by atoms with Crippen molar-refractivity contribution in [3.63, 3.8) is 0 Å². The Hall–Kier alpha value is -4.04. The van der Waals surface area contributed by atoms with E-state index >= 15 is 0 Å². The van der Waals surface area contributed by atoms with Crippen molar-refractivity contribution in [2.24, 2.45) is 11.3 Å². The normalized spacial score (nSPS) is 19.4. The molecule has 0 radical (unpaired) electrons. The van der Waals surface area contributed by atoms with Crippen LogP contribution in [-0.4, -0.2) is 99.5 Å². The Labute approximate surface area is 248 Å². The third kappa shape index (κ3) is 14.5. The highest BCUT2D eigenvalue weighted by Crippen LogP contribution is 2.42. The van der Waals surface area contributed by atoms with Crippen LogP contribution in [0.15, 0.2) is 48.9 Å². The van der Waals surface area contributed by atoms with Crippen molar-refractivity contribution in [2.75, 3.05) is 32.9 Å². The standard InChI is InChI=1S/C19H23N3O2.3C2HF3O2/c1-2-7-21-18(5-1)12-24-15-19-13-22(10-17(19)11-23-14-19)9-16-4-3-6-20-8-16;3*3-2(4,5)1(6)7/h1-8,17H,9-15H2;3*(H,6,7)/t17-,19+;;;/m1.../s1. The van der Waals surface area contributed by atoms with E-state index in [4.69, 9.17) is 39.2 Å². The minimum atomic E-state index is -5.08. The average Bonchev–Trinajstić information content (AvgIpc) is 3.46. The molecule has 0 bridgehead atoms. The number of hydrogen-bond acceptors (Lipinski definition) is 8. The van der Waals surface area contributed by atoms with E-state index < -0.39 is 36.4 Å². The first-order chi connectivity index (χ1) is 20.7. The minimum Gasteiger partial charge on any atom is -0.475 e. The monoisotopic (exact) mass is 667 g/mol. The van der Waals surface area contributed by atoms with Gasteiger partial charge in [-0.1, -0.05) is 12.1 Å². The van der Waals surface area contributed by atoms with Crippen molar-refractivity contribution >= 4 is 17.9 Å². The zero-order valence-electron chi connectivity index (χ0n) is 22.8. The van der Waals surface area contributed by atoms with E-state index in [-0.39, 0.29) is 5.41 Å². The van der Waals surface area contributed by atoms with Gasteiger partial charge in [0.2, 0.25) is 0 Å². The zero-order valence-corrected chi connectivity index (χ0v) is 22.8. The largest absolute Gasteiger partial charge is 0.490 e. The van der Waals surface area contributed by atoms with Gasteiger partial charge in [0.15, 0.2) is 0 Å². The number of likely N-dealkylation sites (tertiary alicyclic amines) is 1. The van der Waals surface area contributed by atoms with Gasteiger partial charge in [-0.2, -0.15) is 39.5 Å². The Morgan fingerprint density at radius 2 is 1.44 bits per heavy atom. The van der Waals surface area contributed by atoms with Crippen LogP contribution in [0.5, 0.6) is 0 Å². The van der Waals surface area contributed by atoms with Crippen molar-refractivity contribution in [1.29, 1.82) is 0 Å². The number of hydrogen-bond donors (Lipinski definition) is 3. The second-order valence-corrected chi connectivity index (χ2v) is 9.33. The van der Waals surface area contributed by atoms with Crippen LogP contribution in [0.2, 0.25) is 0 Å². The minimum absolute atomic E-state index is 0.122. The molecule has 2 aromatic rings. The lowest BCUT2D eigenvalue weighted by atomic mass is 9.82. The number of carbonyl (C=O) groups is 3. The Morgan fingerprint density at radius 1 is 0.889 bits per heavy atom. The number of ether oxygens (including phenoxy) is 2. The predicted molar refractivity (Wildman–Crippen MR) is 131 cm³/mol. The van der Waals surface area contributed by atoms with Crippen molar-refractivity contribution < 1.29 is 78.7 Å². The quantitative estimate of drug-likeness (QED) is 0.382. The van der Waals surface area contributed by atoms with Gasteiger partial charge in [-0.05, 0) is 23.8 Å². The molecule has 0 amide bonds. The van der Waals surface area contributed by atoms with Crippen LogP contribution in [-0.2, 0) is 37.0 Å². The molecular formula is C25H26F9N3O8. The number of carboxylic acids is 3. The molecule has 0 saturated carbocycles. The summed E-state index contributed by atoms with van der Waals surface area (Å²) in [5, 5.41) is 21.4. The fourth-order valence-electron chi connectivity index (χ4n) is 3.86. The van der Waals surface area contributed by atoms with Gasteiger partial charge in [-0.3, -0.25) is 14.9 Å². The third-order valence-electron chi connectivity index (χ3n) is 5.81. The molecule has 45 heavy (non-hydrogen) atoms. The Balaban J connectivity index is 0.000000396. The number of aromatic nitrogens is 2. The molecule has 20 heteroatoms. The SMILES string of the molecule is O=C(O)C(F)(F)F.O=C(O)C(F)(F)F.O=C(O)C(F)(F)F.c1ccc(COC[C@]23COC[C@H]2CN(Cc2cccnc2)C3)nc1. The molecule has 4 heterocycles. The first kappa shape index (κ1) is 39.0. The van der Waals surface area contributed by atoms with Gasteiger partial charge in [0.25, 0.3) is 0 Å². The molecule has 2 aromatic heterocycles. The number of carboxylic acid groups (broad SMARTS) is 3. The van der Waals surface area contributed by atoms with E-state index in [0.29, 0.717) is 12.5 Å². The molecule has 252 valence electrons. The fraction of sp³-hybridized carbons (Fsp3) is 0.480. The molecule has 2 aliphatic heterocycles. The van der Waals surface area contributed by atoms with Crippen LogP contribution < -0.4 is 0 Å². The Kier molecular flexibility index (Phi) is 14.6. The molecule has 3 N–H and O–H groups in total. The van der Waals surface area contributed by atoms with E-state index in [9.17, 15) is 39.5 Å². The second kappa shape index (κ2) is 16.9. The van der Waals surface area contributed by atoms with E-state index in [2.05, 4.69) is 20.9 Å². The molecule has 0 aromatic carbocycles. The highest BCUT2D eigenvalue weighted by molar-refractivity contribution is 5.73. The first-order valence-corrected chi connectivity index (χ1v) is 12.2. The third-order valence-corrected chi connectivity index (χ3v) is 5.81. The number of alkyl halides is 9. The maximum atomic E-state index is 10.6. The van der Waals surface area contributed by atoms with E-state index in [0.717, 1.165) is 45.1 Å². The van der Waals surface area contributed by atoms with Crippen LogP contribution in [0.3, 0.4) is 0 Å². The van der Waals surface area contributed by atoms with Crippen LogP contribution in [0, 0.1) is 11.3 Å². The van der Waals surface area contributed by atoms with Crippen molar-refractivity contribution in [1.82, 2.24) is 14.9 Å². The molecule has 2 saturated heterocycles.